The first-order valence-electron chi connectivity index (χ1n) is 5.17. The van der Waals surface area contributed by atoms with Gasteiger partial charge in [0.05, 0.1) is 11.4 Å². The minimum Gasteiger partial charge on any atom is -0.398 e. The first-order chi connectivity index (χ1) is 8.62. The van der Waals surface area contributed by atoms with Crippen molar-refractivity contribution in [3.63, 3.8) is 0 Å². The largest absolute Gasteiger partial charge is 0.398 e. The maximum Gasteiger partial charge on any atom is 0.242 e. The molecule has 0 spiro atoms. The number of sulfonamides is 2. The van der Waals surface area contributed by atoms with Crippen molar-refractivity contribution in [1.82, 2.24) is 4.72 Å². The predicted octanol–water partition coefficient (Wildman–Crippen LogP) is -0.0118. The van der Waals surface area contributed by atoms with E-state index in [4.69, 9.17) is 10.9 Å². The minimum atomic E-state index is -3.77. The van der Waals surface area contributed by atoms with E-state index in [0.29, 0.717) is 4.47 Å². The number of halogens is 1. The summed E-state index contributed by atoms with van der Waals surface area (Å²) in [4.78, 5) is -0.0579. The zero-order valence-corrected chi connectivity index (χ0v) is 13.1. The van der Waals surface area contributed by atoms with E-state index in [9.17, 15) is 16.8 Å². The quantitative estimate of drug-likeness (QED) is 0.477. The van der Waals surface area contributed by atoms with Gasteiger partial charge in [-0.25, -0.2) is 26.7 Å². The van der Waals surface area contributed by atoms with Crippen molar-refractivity contribution in [3.05, 3.63) is 22.7 Å². The Kier molecular flexibility index (Phi) is 5.33. The number of nitrogen functional groups attached to an aromatic ring is 1. The third-order valence-electron chi connectivity index (χ3n) is 2.16. The van der Waals surface area contributed by atoms with E-state index in [2.05, 4.69) is 20.7 Å². The zero-order valence-electron chi connectivity index (χ0n) is 9.84. The highest BCUT2D eigenvalue weighted by Crippen LogP contribution is 2.22. The van der Waals surface area contributed by atoms with Crippen LogP contribution in [0.25, 0.3) is 0 Å². The summed E-state index contributed by atoms with van der Waals surface area (Å²) in [6, 6.07) is 4.45. The Labute approximate surface area is 120 Å². The van der Waals surface area contributed by atoms with Crippen LogP contribution in [0.4, 0.5) is 5.69 Å². The van der Waals surface area contributed by atoms with Crippen LogP contribution in [0, 0.1) is 0 Å². The highest BCUT2D eigenvalue weighted by atomic mass is 79.9. The van der Waals surface area contributed by atoms with Crippen LogP contribution in [0.3, 0.4) is 0 Å². The van der Waals surface area contributed by atoms with Gasteiger partial charge in [-0.05, 0) is 24.6 Å². The summed E-state index contributed by atoms with van der Waals surface area (Å²) in [6.07, 6.45) is 0.0893. The molecule has 0 atom stereocenters. The molecular weight excluding hydrogens is 358 g/mol. The fourth-order valence-electron chi connectivity index (χ4n) is 1.30. The first-order valence-corrected chi connectivity index (χ1v) is 9.16. The number of benzene rings is 1. The first kappa shape index (κ1) is 16.4. The molecular formula is C9H14BrN3O4S2. The van der Waals surface area contributed by atoms with Gasteiger partial charge >= 0.3 is 0 Å². The smallest absolute Gasteiger partial charge is 0.242 e. The molecule has 0 fully saturated rings. The van der Waals surface area contributed by atoms with E-state index in [0.717, 1.165) is 0 Å². The highest BCUT2D eigenvalue weighted by molar-refractivity contribution is 9.10. The van der Waals surface area contributed by atoms with Crippen LogP contribution in [0.1, 0.15) is 6.42 Å². The Morgan fingerprint density at radius 3 is 2.42 bits per heavy atom. The molecule has 0 aliphatic carbocycles. The lowest BCUT2D eigenvalue weighted by atomic mass is 10.3. The Morgan fingerprint density at radius 1 is 1.21 bits per heavy atom. The van der Waals surface area contributed by atoms with Gasteiger partial charge in [0.25, 0.3) is 0 Å². The zero-order chi connectivity index (χ0) is 14.7. The van der Waals surface area contributed by atoms with E-state index >= 15 is 0 Å². The van der Waals surface area contributed by atoms with Crippen molar-refractivity contribution < 1.29 is 16.8 Å². The Balaban J connectivity index is 2.74. The van der Waals surface area contributed by atoms with E-state index in [1.807, 2.05) is 0 Å². The maximum atomic E-state index is 11.9. The number of rotatable bonds is 6. The molecule has 5 N–H and O–H groups in total. The topological polar surface area (TPSA) is 132 Å². The molecule has 1 aromatic carbocycles. The van der Waals surface area contributed by atoms with Gasteiger partial charge in [-0.15, -0.1) is 0 Å². The average molecular weight is 372 g/mol. The number of hydrogen-bond donors (Lipinski definition) is 3. The van der Waals surface area contributed by atoms with Crippen molar-refractivity contribution in [3.8, 4) is 0 Å². The van der Waals surface area contributed by atoms with Gasteiger partial charge in [-0.1, -0.05) is 15.9 Å². The molecule has 1 rings (SSSR count). The fourth-order valence-corrected chi connectivity index (χ4v) is 3.59. The van der Waals surface area contributed by atoms with Crippen LogP contribution in [-0.4, -0.2) is 29.1 Å². The van der Waals surface area contributed by atoms with Gasteiger partial charge in [-0.3, -0.25) is 0 Å². The molecule has 0 amide bonds. The van der Waals surface area contributed by atoms with Crippen molar-refractivity contribution in [2.24, 2.45) is 5.14 Å². The van der Waals surface area contributed by atoms with Crippen molar-refractivity contribution in [2.45, 2.75) is 11.3 Å². The predicted molar refractivity (Wildman–Crippen MR) is 76.3 cm³/mol. The molecule has 0 aliphatic heterocycles. The Hall–Kier alpha value is -0.680. The molecule has 10 heteroatoms. The van der Waals surface area contributed by atoms with Crippen LogP contribution >= 0.6 is 15.9 Å². The summed E-state index contributed by atoms with van der Waals surface area (Å²) >= 11 is 3.15. The summed E-state index contributed by atoms with van der Waals surface area (Å²) in [5.74, 6) is -0.288. The maximum absolute atomic E-state index is 11.9. The molecule has 0 saturated heterocycles. The van der Waals surface area contributed by atoms with Gasteiger partial charge in [0.2, 0.25) is 20.0 Å². The molecule has 19 heavy (non-hydrogen) atoms. The molecule has 0 unspecified atom stereocenters. The van der Waals surface area contributed by atoms with E-state index < -0.39 is 20.0 Å². The lowest BCUT2D eigenvalue weighted by Crippen LogP contribution is -2.28. The summed E-state index contributed by atoms with van der Waals surface area (Å²) in [7, 11) is -7.36. The SMILES string of the molecule is Nc1ccc(Br)cc1S(=O)(=O)NCCCS(N)(=O)=O. The van der Waals surface area contributed by atoms with Crippen LogP contribution in [-0.2, 0) is 20.0 Å². The molecule has 0 aromatic heterocycles. The van der Waals surface area contributed by atoms with Crippen LogP contribution in [0.5, 0.6) is 0 Å². The van der Waals surface area contributed by atoms with Gasteiger partial charge in [0, 0.05) is 11.0 Å². The number of nitrogens with one attached hydrogen (secondary N) is 1. The van der Waals surface area contributed by atoms with E-state index in [1.165, 1.54) is 12.1 Å². The highest BCUT2D eigenvalue weighted by Gasteiger charge is 2.17. The van der Waals surface area contributed by atoms with E-state index in [-0.39, 0.29) is 29.3 Å². The van der Waals surface area contributed by atoms with Crippen molar-refractivity contribution in [2.75, 3.05) is 18.0 Å². The number of anilines is 1. The minimum absolute atomic E-state index is 0.0370. The molecule has 1 aromatic rings. The molecule has 0 saturated carbocycles. The lowest BCUT2D eigenvalue weighted by Gasteiger charge is -2.09. The van der Waals surface area contributed by atoms with Gasteiger partial charge in [0.1, 0.15) is 4.90 Å². The Morgan fingerprint density at radius 2 is 1.84 bits per heavy atom. The Bertz CT molecular complexity index is 658. The normalized spacial score (nSPS) is 12.5. The monoisotopic (exact) mass is 371 g/mol. The molecule has 0 radical (unpaired) electrons. The summed E-state index contributed by atoms with van der Waals surface area (Å²) in [6.45, 7) is -0.0370. The van der Waals surface area contributed by atoms with Gasteiger partial charge in [0.15, 0.2) is 0 Å². The van der Waals surface area contributed by atoms with Crippen LogP contribution < -0.4 is 15.6 Å². The molecule has 0 bridgehead atoms. The third-order valence-corrected chi connectivity index (χ3v) is 5.03. The fraction of sp³-hybridized carbons (Fsp3) is 0.333. The van der Waals surface area contributed by atoms with Crippen LogP contribution in [0.15, 0.2) is 27.6 Å². The van der Waals surface area contributed by atoms with Crippen molar-refractivity contribution >= 4 is 41.7 Å². The second-order valence-electron chi connectivity index (χ2n) is 3.80. The second kappa shape index (κ2) is 6.18. The molecule has 0 heterocycles. The van der Waals surface area contributed by atoms with Gasteiger partial charge < -0.3 is 5.73 Å². The summed E-state index contributed by atoms with van der Waals surface area (Å²) in [5.41, 5.74) is 5.71. The number of hydrogen-bond acceptors (Lipinski definition) is 5. The summed E-state index contributed by atoms with van der Waals surface area (Å²) < 4.78 is 48.1. The molecule has 0 aliphatic rings. The number of nitrogens with two attached hydrogens (primary N) is 2. The second-order valence-corrected chi connectivity index (χ2v) is 8.19. The third kappa shape index (κ3) is 5.45. The average Bonchev–Trinajstić information content (AvgIpc) is 2.26. The molecule has 7 nitrogen and oxygen atoms in total. The standard InChI is InChI=1S/C9H14BrN3O4S2/c10-7-2-3-8(11)9(6-7)19(16,17)13-4-1-5-18(12,14)15/h2-3,6,13H,1,4-5,11H2,(H2,12,14,15). The van der Waals surface area contributed by atoms with Crippen LogP contribution in [0.2, 0.25) is 0 Å². The van der Waals surface area contributed by atoms with Crippen molar-refractivity contribution in [1.29, 1.82) is 0 Å². The summed E-state index contributed by atoms with van der Waals surface area (Å²) in [5, 5.41) is 4.81. The van der Waals surface area contributed by atoms with Gasteiger partial charge in [-0.2, -0.15) is 0 Å². The van der Waals surface area contributed by atoms with E-state index in [1.54, 1.807) is 6.07 Å². The lowest BCUT2D eigenvalue weighted by molar-refractivity contribution is 0.577. The number of primary sulfonamides is 1. The molecule has 108 valence electrons.